The highest BCUT2D eigenvalue weighted by atomic mass is 16.3. The predicted octanol–water partition coefficient (Wildman–Crippen LogP) is -5.48. The number of hydrogen-bond acceptors (Lipinski definition) is 14. The molecule has 0 radical (unpaired) electrons. The minimum atomic E-state index is -2.03. The Bertz CT molecular complexity index is 1580. The molecule has 3 saturated heterocycles. The second kappa shape index (κ2) is 18.0. The summed E-state index contributed by atoms with van der Waals surface area (Å²) in [5.41, 5.74) is 0.400. The first-order valence-electron chi connectivity index (χ1n) is 18.1. The van der Waals surface area contributed by atoms with Gasteiger partial charge in [0.1, 0.15) is 36.0 Å². The van der Waals surface area contributed by atoms with Gasteiger partial charge in [-0.3, -0.25) is 28.8 Å². The molecule has 6 amide bonds. The normalized spacial score (nSPS) is 35.0. The number of nitrogens with zero attached hydrogens (tertiary/aromatic N) is 2. The number of amides is 6. The average Bonchev–Trinajstić information content (AvgIpc) is 3.66. The van der Waals surface area contributed by atoms with Gasteiger partial charge >= 0.3 is 0 Å². The first-order valence-corrected chi connectivity index (χ1v) is 18.1. The third-order valence-electron chi connectivity index (χ3n) is 10.3. The number of phenols is 1. The number of benzene rings is 1. The molecule has 0 bridgehead atoms. The van der Waals surface area contributed by atoms with Crippen LogP contribution in [-0.2, 0) is 35.2 Å². The van der Waals surface area contributed by atoms with Crippen molar-refractivity contribution in [3.05, 3.63) is 29.8 Å². The van der Waals surface area contributed by atoms with Crippen LogP contribution in [0.25, 0.3) is 0 Å². The van der Waals surface area contributed by atoms with Gasteiger partial charge in [0.25, 0.3) is 0 Å². The summed E-state index contributed by atoms with van der Waals surface area (Å²) in [4.78, 5) is 84.2. The van der Waals surface area contributed by atoms with Crippen LogP contribution in [0, 0.1) is 11.8 Å². The number of phenolic OH excluding ortho intramolecular Hbond substituents is 1. The van der Waals surface area contributed by atoms with Crippen molar-refractivity contribution in [1.82, 2.24) is 31.1 Å². The molecule has 3 aliphatic heterocycles. The summed E-state index contributed by atoms with van der Waals surface area (Å²) in [6, 6.07) is -3.09. The summed E-state index contributed by atoms with van der Waals surface area (Å²) >= 11 is 0. The number of hydrogen-bond donors (Lipinski definition) is 12. The predicted molar refractivity (Wildman–Crippen MR) is 188 cm³/mol. The Hall–Kier alpha value is -4.44. The van der Waals surface area contributed by atoms with Crippen LogP contribution in [0.4, 0.5) is 0 Å². The smallest absolute Gasteiger partial charge is 0.248 e. The Morgan fingerprint density at radius 1 is 0.691 bits per heavy atom. The maximum absolute atomic E-state index is 14.0. The van der Waals surface area contributed by atoms with Crippen LogP contribution in [0.3, 0.4) is 0 Å². The SMILES string of the molecule is CC1CC(O)C(O)NC(=O)C2C(O)C(C)CN2C(=O)C(C(C)O)NC(=O)C(C(O)Cc2ccc(O)cc2)NC(=O)C2CC(O)CN2C(=O)C(C(C)O)NC1=O. The van der Waals surface area contributed by atoms with Crippen molar-refractivity contribution in [2.45, 2.75) is 120 Å². The summed E-state index contributed by atoms with van der Waals surface area (Å²) in [5, 5.41) is 94.5. The molecule has 0 aromatic heterocycles. The molecular formula is C35H52N6O14. The van der Waals surface area contributed by atoms with E-state index < -0.39 is 133 Å². The number of carbonyl (C=O) groups is 6. The third-order valence-corrected chi connectivity index (χ3v) is 10.3. The first kappa shape index (κ1) is 43.3. The Kier molecular flexibility index (Phi) is 14.2. The number of rotatable bonds is 5. The van der Waals surface area contributed by atoms with Crippen LogP contribution in [-0.4, -0.2) is 172 Å². The highest BCUT2D eigenvalue weighted by Crippen LogP contribution is 2.26. The molecule has 3 heterocycles. The Morgan fingerprint density at radius 2 is 1.24 bits per heavy atom. The lowest BCUT2D eigenvalue weighted by atomic mass is 9.99. The standard InChI is InChI=1S/C35H52N6O14/c1-14-9-23(47)31(51)39-33(53)27-28(48)15(2)12-41(27)35(55)25(17(4)43)37-32(52)26(22(46)10-18-5-7-19(44)8-6-18)38-30(50)21-11-20(45)13-40(21)34(54)24(16(3)42)36-29(14)49/h5-8,14-17,20-28,31,42-48,51H,9-13H2,1-4H3,(H,36,49)(H,37,52)(H,38,50)(H,39,53). The van der Waals surface area contributed by atoms with Gasteiger partial charge in [-0.1, -0.05) is 26.0 Å². The van der Waals surface area contributed by atoms with Gasteiger partial charge in [0.2, 0.25) is 35.4 Å². The fraction of sp³-hybridized carbons (Fsp3) is 0.657. The summed E-state index contributed by atoms with van der Waals surface area (Å²) in [5.74, 6) is -8.26. The molecule has 0 saturated carbocycles. The molecule has 20 nitrogen and oxygen atoms in total. The van der Waals surface area contributed by atoms with Gasteiger partial charge in [0.05, 0.1) is 36.6 Å². The van der Waals surface area contributed by atoms with Crippen molar-refractivity contribution in [2.75, 3.05) is 13.1 Å². The molecule has 0 spiro atoms. The van der Waals surface area contributed by atoms with E-state index in [-0.39, 0.29) is 25.1 Å². The van der Waals surface area contributed by atoms with Crippen molar-refractivity contribution in [1.29, 1.82) is 0 Å². The molecule has 1 aromatic rings. The topological polar surface area (TPSA) is 319 Å². The van der Waals surface area contributed by atoms with Crippen LogP contribution in [0.2, 0.25) is 0 Å². The van der Waals surface area contributed by atoms with Gasteiger partial charge in [-0.2, -0.15) is 0 Å². The molecule has 55 heavy (non-hydrogen) atoms. The second-order valence-electron chi connectivity index (χ2n) is 14.8. The van der Waals surface area contributed by atoms with Crippen molar-refractivity contribution in [3.8, 4) is 5.75 Å². The minimum Gasteiger partial charge on any atom is -0.508 e. The Balaban J connectivity index is 1.77. The lowest BCUT2D eigenvalue weighted by Gasteiger charge is -2.33. The van der Waals surface area contributed by atoms with E-state index in [1.807, 2.05) is 0 Å². The lowest BCUT2D eigenvalue weighted by Crippen LogP contribution is -2.64. The van der Waals surface area contributed by atoms with Crippen LogP contribution >= 0.6 is 0 Å². The van der Waals surface area contributed by atoms with E-state index in [4.69, 9.17) is 0 Å². The van der Waals surface area contributed by atoms with Gasteiger partial charge < -0.3 is 71.9 Å². The molecular weight excluding hydrogens is 728 g/mol. The molecule has 3 fully saturated rings. The van der Waals surface area contributed by atoms with Gasteiger partial charge in [-0.25, -0.2) is 0 Å². The molecule has 14 atom stereocenters. The molecule has 4 rings (SSSR count). The molecule has 306 valence electrons. The van der Waals surface area contributed by atoms with Crippen LogP contribution in [0.1, 0.15) is 46.1 Å². The maximum Gasteiger partial charge on any atom is 0.248 e. The van der Waals surface area contributed by atoms with Gasteiger partial charge in [0.15, 0.2) is 6.23 Å². The third kappa shape index (κ3) is 10.1. The number of aliphatic hydroxyl groups excluding tert-OH is 7. The second-order valence-corrected chi connectivity index (χ2v) is 14.8. The van der Waals surface area contributed by atoms with Crippen molar-refractivity contribution >= 4 is 35.4 Å². The van der Waals surface area contributed by atoms with E-state index in [1.165, 1.54) is 45.0 Å². The quantitative estimate of drug-likeness (QED) is 0.133. The van der Waals surface area contributed by atoms with Crippen LogP contribution in [0.5, 0.6) is 5.75 Å². The summed E-state index contributed by atoms with van der Waals surface area (Å²) in [7, 11) is 0. The molecule has 0 aliphatic carbocycles. The van der Waals surface area contributed by atoms with E-state index >= 15 is 0 Å². The molecule has 12 N–H and O–H groups in total. The van der Waals surface area contributed by atoms with Gasteiger partial charge in [0, 0.05) is 37.8 Å². The highest BCUT2D eigenvalue weighted by Gasteiger charge is 2.49. The summed E-state index contributed by atoms with van der Waals surface area (Å²) in [6.07, 6.45) is -12.7. The minimum absolute atomic E-state index is 0.0922. The average molecular weight is 781 g/mol. The highest BCUT2D eigenvalue weighted by molar-refractivity contribution is 5.97. The van der Waals surface area contributed by atoms with E-state index in [9.17, 15) is 69.6 Å². The van der Waals surface area contributed by atoms with E-state index in [1.54, 1.807) is 0 Å². The van der Waals surface area contributed by atoms with E-state index in [0.29, 0.717) is 5.56 Å². The zero-order valence-corrected chi connectivity index (χ0v) is 30.8. The Morgan fingerprint density at radius 3 is 1.82 bits per heavy atom. The number of aliphatic hydroxyl groups is 7. The van der Waals surface area contributed by atoms with E-state index in [0.717, 1.165) is 16.7 Å². The monoisotopic (exact) mass is 780 g/mol. The van der Waals surface area contributed by atoms with Gasteiger partial charge in [-0.05, 0) is 38.0 Å². The number of carbonyl (C=O) groups excluding carboxylic acids is 6. The van der Waals surface area contributed by atoms with Crippen LogP contribution < -0.4 is 21.3 Å². The number of aromatic hydroxyl groups is 1. The number of fused-ring (bicyclic) bond motifs is 2. The molecule has 3 aliphatic rings. The van der Waals surface area contributed by atoms with Crippen LogP contribution in [0.15, 0.2) is 24.3 Å². The zero-order chi connectivity index (χ0) is 41.0. The summed E-state index contributed by atoms with van der Waals surface area (Å²) < 4.78 is 0. The molecule has 20 heteroatoms. The molecule has 14 unspecified atom stereocenters. The maximum atomic E-state index is 14.0. The van der Waals surface area contributed by atoms with Gasteiger partial charge in [-0.15, -0.1) is 0 Å². The largest absolute Gasteiger partial charge is 0.508 e. The molecule has 1 aromatic carbocycles. The summed E-state index contributed by atoms with van der Waals surface area (Å²) in [6.45, 7) is 4.50. The first-order chi connectivity index (χ1) is 25.7. The fourth-order valence-corrected chi connectivity index (χ4v) is 7.03. The number of nitrogens with one attached hydrogen (secondary N) is 4. The fourth-order valence-electron chi connectivity index (χ4n) is 7.03. The van der Waals surface area contributed by atoms with E-state index in [2.05, 4.69) is 21.3 Å². The van der Waals surface area contributed by atoms with Crippen molar-refractivity contribution in [2.24, 2.45) is 11.8 Å². The zero-order valence-electron chi connectivity index (χ0n) is 30.8. The Labute approximate surface area is 316 Å². The lowest BCUT2D eigenvalue weighted by molar-refractivity contribution is -0.148. The van der Waals surface area contributed by atoms with Crippen molar-refractivity contribution in [3.63, 3.8) is 0 Å². The van der Waals surface area contributed by atoms with Crippen molar-refractivity contribution < 1.29 is 69.6 Å².